The lowest BCUT2D eigenvalue weighted by Gasteiger charge is -2.06. The van der Waals surface area contributed by atoms with Crippen LogP contribution in [0.15, 0.2) is 69.8 Å². The third-order valence-corrected chi connectivity index (χ3v) is 7.40. The molecule has 0 fully saturated rings. The van der Waals surface area contributed by atoms with Crippen molar-refractivity contribution in [3.05, 3.63) is 71.2 Å². The fraction of sp³-hybridized carbons (Fsp3) is 0.158. The lowest BCUT2D eigenvalue weighted by Crippen LogP contribution is -2.23. The first-order chi connectivity index (χ1) is 14.6. The van der Waals surface area contributed by atoms with Crippen LogP contribution >= 0.6 is 11.3 Å². The summed E-state index contributed by atoms with van der Waals surface area (Å²) >= 11 is 1.14. The Kier molecular flexibility index (Phi) is 7.05. The SMILES string of the molecule is NS(=O)(=O)c1ccc(CNC(=O)CCc2csc(NS(=O)(=O)c3ccccc3)n2)cc1. The highest BCUT2D eigenvalue weighted by molar-refractivity contribution is 7.93. The van der Waals surface area contributed by atoms with Crippen molar-refractivity contribution < 1.29 is 21.6 Å². The Morgan fingerprint density at radius 3 is 2.29 bits per heavy atom. The number of primary sulfonamides is 1. The van der Waals surface area contributed by atoms with Gasteiger partial charge in [0.05, 0.1) is 15.5 Å². The van der Waals surface area contributed by atoms with Crippen molar-refractivity contribution in [1.29, 1.82) is 0 Å². The van der Waals surface area contributed by atoms with E-state index in [1.807, 2.05) is 0 Å². The molecule has 4 N–H and O–H groups in total. The molecule has 3 rings (SSSR count). The predicted octanol–water partition coefficient (Wildman–Crippen LogP) is 1.84. The van der Waals surface area contributed by atoms with Crippen molar-refractivity contribution in [3.8, 4) is 0 Å². The van der Waals surface area contributed by atoms with Crippen molar-refractivity contribution >= 4 is 42.4 Å². The number of aryl methyl sites for hydroxylation is 1. The van der Waals surface area contributed by atoms with Crippen LogP contribution in [0.25, 0.3) is 0 Å². The second-order valence-electron chi connectivity index (χ2n) is 6.53. The van der Waals surface area contributed by atoms with Crippen LogP contribution < -0.4 is 15.2 Å². The molecule has 0 unspecified atom stereocenters. The minimum absolute atomic E-state index is 0.00445. The summed E-state index contributed by atoms with van der Waals surface area (Å²) in [6, 6.07) is 13.9. The second-order valence-corrected chi connectivity index (χ2v) is 10.6. The van der Waals surface area contributed by atoms with Gasteiger partial charge in [-0.3, -0.25) is 9.52 Å². The van der Waals surface area contributed by atoms with Gasteiger partial charge in [0.2, 0.25) is 15.9 Å². The van der Waals surface area contributed by atoms with Gasteiger partial charge in [-0.1, -0.05) is 30.3 Å². The standard InChI is InChI=1S/C19H20N4O5S3/c20-30(25,26)16-9-6-14(7-10-16)12-21-18(24)11-8-15-13-29-19(22-15)23-31(27,28)17-4-2-1-3-5-17/h1-7,9-10,13H,8,11-12H2,(H,21,24)(H,22,23)(H2,20,25,26). The molecule has 0 bridgehead atoms. The number of hydrogen-bond donors (Lipinski definition) is 3. The molecule has 1 heterocycles. The summed E-state index contributed by atoms with van der Waals surface area (Å²) < 4.78 is 49.6. The van der Waals surface area contributed by atoms with Gasteiger partial charge in [-0.05, 0) is 36.2 Å². The maximum atomic E-state index is 12.3. The van der Waals surface area contributed by atoms with Gasteiger partial charge in [-0.15, -0.1) is 11.3 Å². The average Bonchev–Trinajstić information content (AvgIpc) is 3.17. The predicted molar refractivity (Wildman–Crippen MR) is 117 cm³/mol. The van der Waals surface area contributed by atoms with Crippen molar-refractivity contribution in [2.75, 3.05) is 4.72 Å². The zero-order valence-electron chi connectivity index (χ0n) is 16.2. The quantitative estimate of drug-likeness (QED) is 0.426. The fourth-order valence-corrected chi connectivity index (χ4v) is 5.10. The number of amides is 1. The number of carbonyl (C=O) groups is 1. The minimum atomic E-state index is -3.75. The third-order valence-electron chi connectivity index (χ3n) is 4.18. The highest BCUT2D eigenvalue weighted by Gasteiger charge is 2.16. The third kappa shape index (κ3) is 6.59. The van der Waals surface area contributed by atoms with E-state index in [4.69, 9.17) is 5.14 Å². The Labute approximate surface area is 184 Å². The molecule has 12 heteroatoms. The molecule has 9 nitrogen and oxygen atoms in total. The first kappa shape index (κ1) is 22.9. The number of hydrogen-bond acceptors (Lipinski definition) is 7. The highest BCUT2D eigenvalue weighted by atomic mass is 32.2. The Bertz CT molecular complexity index is 1260. The summed E-state index contributed by atoms with van der Waals surface area (Å²) in [5, 5.41) is 9.71. The monoisotopic (exact) mass is 480 g/mol. The molecule has 0 saturated carbocycles. The number of sulfonamides is 2. The average molecular weight is 481 g/mol. The van der Waals surface area contributed by atoms with Crippen molar-refractivity contribution in [1.82, 2.24) is 10.3 Å². The molecule has 2 aromatic carbocycles. The topological polar surface area (TPSA) is 148 Å². The summed E-state index contributed by atoms with van der Waals surface area (Å²) in [6.07, 6.45) is 0.517. The number of nitrogens with zero attached hydrogens (tertiary/aromatic N) is 1. The summed E-state index contributed by atoms with van der Waals surface area (Å²) in [4.78, 5) is 16.4. The zero-order chi connectivity index (χ0) is 22.5. The minimum Gasteiger partial charge on any atom is -0.352 e. The molecule has 1 amide bonds. The number of thiazole rings is 1. The summed E-state index contributed by atoms with van der Waals surface area (Å²) in [5.74, 6) is -0.213. The van der Waals surface area contributed by atoms with Crippen LogP contribution in [0.5, 0.6) is 0 Å². The molecule has 0 radical (unpaired) electrons. The lowest BCUT2D eigenvalue weighted by atomic mass is 10.2. The van der Waals surface area contributed by atoms with Gasteiger partial charge in [0.1, 0.15) is 0 Å². The van der Waals surface area contributed by atoms with E-state index in [2.05, 4.69) is 15.0 Å². The lowest BCUT2D eigenvalue weighted by molar-refractivity contribution is -0.121. The van der Waals surface area contributed by atoms with Crippen LogP contribution in [0.1, 0.15) is 17.7 Å². The van der Waals surface area contributed by atoms with E-state index < -0.39 is 20.0 Å². The molecule has 0 atom stereocenters. The number of carbonyl (C=O) groups excluding carboxylic acids is 1. The fourth-order valence-electron chi connectivity index (χ4n) is 2.57. The van der Waals surface area contributed by atoms with Gasteiger partial charge in [0.25, 0.3) is 10.0 Å². The normalized spacial score (nSPS) is 11.8. The Hall–Kier alpha value is -2.80. The number of aromatic nitrogens is 1. The second kappa shape index (κ2) is 9.56. The van der Waals surface area contributed by atoms with E-state index in [0.29, 0.717) is 12.1 Å². The Morgan fingerprint density at radius 2 is 1.65 bits per heavy atom. The van der Waals surface area contributed by atoms with Gasteiger partial charge < -0.3 is 5.32 Å². The van der Waals surface area contributed by atoms with Crippen LogP contribution in [0.2, 0.25) is 0 Å². The van der Waals surface area contributed by atoms with Gasteiger partial charge in [-0.2, -0.15) is 0 Å². The van der Waals surface area contributed by atoms with Gasteiger partial charge in [-0.25, -0.2) is 27.0 Å². The summed E-state index contributed by atoms with van der Waals surface area (Å²) in [5.41, 5.74) is 1.33. The van der Waals surface area contributed by atoms with Crippen LogP contribution in [0.3, 0.4) is 0 Å². The van der Waals surface area contributed by atoms with Crippen molar-refractivity contribution in [2.24, 2.45) is 5.14 Å². The largest absolute Gasteiger partial charge is 0.352 e. The van der Waals surface area contributed by atoms with Crippen molar-refractivity contribution in [2.45, 2.75) is 29.2 Å². The van der Waals surface area contributed by atoms with Crippen LogP contribution in [-0.2, 0) is 37.8 Å². The van der Waals surface area contributed by atoms with E-state index in [-0.39, 0.29) is 33.8 Å². The number of nitrogens with one attached hydrogen (secondary N) is 2. The van der Waals surface area contributed by atoms with E-state index >= 15 is 0 Å². The van der Waals surface area contributed by atoms with Gasteiger partial charge in [0, 0.05) is 18.3 Å². The molecule has 0 spiro atoms. The maximum absolute atomic E-state index is 12.3. The van der Waals surface area contributed by atoms with Crippen LogP contribution in [0, 0.1) is 0 Å². The van der Waals surface area contributed by atoms with Gasteiger partial charge in [0.15, 0.2) is 5.13 Å². The molecule has 0 aliphatic heterocycles. The van der Waals surface area contributed by atoms with Gasteiger partial charge >= 0.3 is 0 Å². The van der Waals surface area contributed by atoms with E-state index in [0.717, 1.165) is 16.9 Å². The number of rotatable bonds is 9. The molecular weight excluding hydrogens is 460 g/mol. The Balaban J connectivity index is 1.48. The number of anilines is 1. The number of nitrogens with two attached hydrogens (primary N) is 1. The molecule has 3 aromatic rings. The zero-order valence-corrected chi connectivity index (χ0v) is 18.6. The molecule has 31 heavy (non-hydrogen) atoms. The van der Waals surface area contributed by atoms with Crippen LogP contribution in [-0.4, -0.2) is 27.7 Å². The molecule has 1 aromatic heterocycles. The molecule has 0 aliphatic rings. The molecule has 0 saturated heterocycles. The van der Waals surface area contributed by atoms with E-state index in [1.165, 1.54) is 24.3 Å². The molecular formula is C19H20N4O5S3. The smallest absolute Gasteiger partial charge is 0.263 e. The van der Waals surface area contributed by atoms with Crippen molar-refractivity contribution in [3.63, 3.8) is 0 Å². The summed E-state index contributed by atoms with van der Waals surface area (Å²) in [7, 11) is -7.46. The van der Waals surface area contributed by atoms with E-state index in [1.54, 1.807) is 35.7 Å². The molecule has 164 valence electrons. The van der Waals surface area contributed by atoms with E-state index in [9.17, 15) is 21.6 Å². The summed E-state index contributed by atoms with van der Waals surface area (Å²) in [6.45, 7) is 0.239. The van der Waals surface area contributed by atoms with Crippen LogP contribution in [0.4, 0.5) is 5.13 Å². The highest BCUT2D eigenvalue weighted by Crippen LogP contribution is 2.20. The molecule has 0 aliphatic carbocycles. The first-order valence-corrected chi connectivity index (χ1v) is 12.9. The maximum Gasteiger partial charge on any atom is 0.263 e. The Morgan fingerprint density at radius 1 is 0.968 bits per heavy atom. The first-order valence-electron chi connectivity index (χ1n) is 9.04. The number of benzene rings is 2.